The Labute approximate surface area is 178 Å². The lowest BCUT2D eigenvalue weighted by Gasteiger charge is -2.10. The molecule has 0 saturated heterocycles. The first-order chi connectivity index (χ1) is 15.0. The van der Waals surface area contributed by atoms with E-state index in [1.54, 1.807) is 54.9 Å². The number of fused-ring (bicyclic) bond motifs is 1. The maximum atomic E-state index is 11.1. The number of aliphatic hydroxyl groups excluding tert-OH is 1. The van der Waals surface area contributed by atoms with E-state index in [1.165, 1.54) is 6.07 Å². The van der Waals surface area contributed by atoms with Crippen LogP contribution in [-0.2, 0) is 13.2 Å². The minimum Gasteiger partial charge on any atom is -0.488 e. The summed E-state index contributed by atoms with van der Waals surface area (Å²) in [4.78, 5) is 18.4. The van der Waals surface area contributed by atoms with Crippen molar-refractivity contribution in [2.75, 3.05) is 11.5 Å². The highest BCUT2D eigenvalue weighted by atomic mass is 16.6. The molecule has 0 radical (unpaired) electrons. The summed E-state index contributed by atoms with van der Waals surface area (Å²) >= 11 is 0. The first-order valence-electron chi connectivity index (χ1n) is 9.28. The number of nitrogen functional groups attached to an aromatic ring is 2. The Morgan fingerprint density at radius 2 is 1.52 bits per heavy atom. The van der Waals surface area contributed by atoms with E-state index in [0.29, 0.717) is 34.8 Å². The Balaban J connectivity index is 0.000000254. The highest BCUT2D eigenvalue weighted by Crippen LogP contribution is 2.33. The van der Waals surface area contributed by atoms with Crippen molar-refractivity contribution < 1.29 is 14.8 Å². The Morgan fingerprint density at radius 3 is 2.10 bits per heavy atom. The molecule has 0 bridgehead atoms. The Kier molecular flexibility index (Phi) is 6.92. The van der Waals surface area contributed by atoms with Crippen molar-refractivity contribution in [1.29, 1.82) is 0 Å². The summed E-state index contributed by atoms with van der Waals surface area (Å²) in [5.41, 5.74) is 12.7. The third-order valence-electron chi connectivity index (χ3n) is 4.33. The molecule has 158 valence electrons. The molecule has 0 spiro atoms. The number of non-ortho nitro benzene ring substituents is 1. The molecule has 0 aliphatic heterocycles. The fraction of sp³-hybridized carbons (Fsp3) is 0.0909. The van der Waals surface area contributed by atoms with E-state index in [2.05, 4.69) is 9.97 Å². The van der Waals surface area contributed by atoms with Crippen molar-refractivity contribution in [3.05, 3.63) is 94.3 Å². The molecule has 2 heterocycles. The van der Waals surface area contributed by atoms with Gasteiger partial charge in [-0.2, -0.15) is 0 Å². The van der Waals surface area contributed by atoms with Crippen LogP contribution in [0.4, 0.5) is 17.3 Å². The summed E-state index contributed by atoms with van der Waals surface area (Å²) < 4.78 is 5.79. The third kappa shape index (κ3) is 5.64. The third-order valence-corrected chi connectivity index (χ3v) is 4.33. The van der Waals surface area contributed by atoms with E-state index >= 15 is 0 Å². The fourth-order valence-electron chi connectivity index (χ4n) is 2.88. The van der Waals surface area contributed by atoms with E-state index in [4.69, 9.17) is 21.3 Å². The minimum atomic E-state index is -0.393. The zero-order valence-corrected chi connectivity index (χ0v) is 16.5. The second-order valence-corrected chi connectivity index (χ2v) is 6.51. The van der Waals surface area contributed by atoms with Crippen LogP contribution in [0.2, 0.25) is 0 Å². The van der Waals surface area contributed by atoms with Gasteiger partial charge in [0.1, 0.15) is 24.0 Å². The van der Waals surface area contributed by atoms with Crippen molar-refractivity contribution in [1.82, 2.24) is 9.97 Å². The highest BCUT2D eigenvalue weighted by Gasteiger charge is 2.14. The number of nitrogens with zero attached hydrogens (tertiary/aromatic N) is 3. The van der Waals surface area contributed by atoms with E-state index in [9.17, 15) is 10.1 Å². The number of hydrogen-bond acceptors (Lipinski definition) is 8. The molecule has 2 aromatic carbocycles. The Hall–Kier alpha value is -4.24. The van der Waals surface area contributed by atoms with Crippen LogP contribution in [0.15, 0.2) is 73.1 Å². The predicted molar refractivity (Wildman–Crippen MR) is 118 cm³/mol. The zero-order chi connectivity index (χ0) is 22.2. The van der Waals surface area contributed by atoms with Gasteiger partial charge in [-0.25, -0.2) is 9.97 Å². The van der Waals surface area contributed by atoms with Gasteiger partial charge >= 0.3 is 0 Å². The van der Waals surface area contributed by atoms with E-state index in [1.807, 2.05) is 12.1 Å². The average Bonchev–Trinajstić information content (AvgIpc) is 2.77. The normalized spacial score (nSPS) is 10.2. The number of nitro benzene ring substituents is 1. The van der Waals surface area contributed by atoms with Gasteiger partial charge in [0.05, 0.1) is 16.9 Å². The number of aliphatic hydroxyl groups is 1. The second-order valence-electron chi connectivity index (χ2n) is 6.51. The van der Waals surface area contributed by atoms with Crippen LogP contribution in [0.3, 0.4) is 0 Å². The topological polar surface area (TPSA) is 150 Å². The van der Waals surface area contributed by atoms with Gasteiger partial charge < -0.3 is 21.3 Å². The smallest absolute Gasteiger partial charge is 0.277 e. The molecule has 9 nitrogen and oxygen atoms in total. The zero-order valence-electron chi connectivity index (χ0n) is 16.5. The largest absolute Gasteiger partial charge is 0.488 e. The fourth-order valence-corrected chi connectivity index (χ4v) is 2.88. The molecule has 0 aliphatic rings. The van der Waals surface area contributed by atoms with Crippen LogP contribution >= 0.6 is 0 Å². The standard InChI is InChI=1S/C16H13N3O3.C6H8N2O/c17-16-9-11(7-8-18-16)10-22-15-6-5-14(19(20)21)12-3-1-2-4-13(12)15;7-6-3-5(4-9)1-2-8-6/h1-9H,10H2,(H2,17,18);1-3,9H,4H2,(H2,7,8). The number of nitro groups is 1. The monoisotopic (exact) mass is 419 g/mol. The molecule has 4 rings (SSSR count). The summed E-state index contributed by atoms with van der Waals surface area (Å²) in [5.74, 6) is 1.47. The molecule has 0 fully saturated rings. The number of anilines is 2. The maximum Gasteiger partial charge on any atom is 0.277 e. The van der Waals surface area contributed by atoms with E-state index < -0.39 is 4.92 Å². The Bertz CT molecular complexity index is 1200. The molecule has 5 N–H and O–H groups in total. The molecule has 2 aromatic heterocycles. The lowest BCUT2D eigenvalue weighted by Crippen LogP contribution is -1.99. The molecule has 4 aromatic rings. The lowest BCUT2D eigenvalue weighted by atomic mass is 10.1. The van der Waals surface area contributed by atoms with E-state index in [0.717, 1.165) is 11.1 Å². The lowest BCUT2D eigenvalue weighted by molar-refractivity contribution is -0.383. The van der Waals surface area contributed by atoms with Crippen molar-refractivity contribution in [3.8, 4) is 5.75 Å². The quantitative estimate of drug-likeness (QED) is 0.329. The predicted octanol–water partition coefficient (Wildman–Crippen LogP) is 3.46. The summed E-state index contributed by atoms with van der Waals surface area (Å²) in [5, 5.41) is 20.9. The van der Waals surface area contributed by atoms with Crippen molar-refractivity contribution in [3.63, 3.8) is 0 Å². The number of benzene rings is 2. The number of nitrogens with two attached hydrogens (primary N) is 2. The van der Waals surface area contributed by atoms with Crippen molar-refractivity contribution in [2.45, 2.75) is 13.2 Å². The van der Waals surface area contributed by atoms with Gasteiger partial charge in [-0.15, -0.1) is 0 Å². The summed E-state index contributed by atoms with van der Waals surface area (Å²) in [7, 11) is 0. The second kappa shape index (κ2) is 9.99. The van der Waals surface area contributed by atoms with Crippen molar-refractivity contribution in [2.24, 2.45) is 0 Å². The molecule has 0 unspecified atom stereocenters. The van der Waals surface area contributed by atoms with Gasteiger partial charge in [0.2, 0.25) is 0 Å². The molecular formula is C22H21N5O4. The van der Waals surface area contributed by atoms with Gasteiger partial charge in [0, 0.05) is 23.8 Å². The van der Waals surface area contributed by atoms with Gasteiger partial charge in [0.25, 0.3) is 5.69 Å². The number of pyridine rings is 2. The molecule has 0 atom stereocenters. The number of hydrogen-bond donors (Lipinski definition) is 3. The minimum absolute atomic E-state index is 0.0206. The number of rotatable bonds is 5. The molecule has 0 amide bonds. The summed E-state index contributed by atoms with van der Waals surface area (Å²) in [6, 6.07) is 17.1. The van der Waals surface area contributed by atoms with Gasteiger partial charge in [-0.3, -0.25) is 10.1 Å². The van der Waals surface area contributed by atoms with Gasteiger partial charge in [-0.1, -0.05) is 18.2 Å². The SMILES string of the molecule is Nc1cc(CO)ccn1.Nc1cc(COc2ccc([N+](=O)[O-])c3ccccc23)ccn1. The van der Waals surface area contributed by atoms with Crippen LogP contribution in [0.5, 0.6) is 5.75 Å². The van der Waals surface area contributed by atoms with E-state index in [-0.39, 0.29) is 12.3 Å². The van der Waals surface area contributed by atoms with Crippen LogP contribution in [0.25, 0.3) is 10.8 Å². The molecular weight excluding hydrogens is 398 g/mol. The molecule has 9 heteroatoms. The first kappa shape index (κ1) is 21.5. The Morgan fingerprint density at radius 1 is 0.903 bits per heavy atom. The summed E-state index contributed by atoms with van der Waals surface area (Å²) in [6.45, 7) is 0.335. The van der Waals surface area contributed by atoms with Crippen LogP contribution < -0.4 is 16.2 Å². The maximum absolute atomic E-state index is 11.1. The highest BCUT2D eigenvalue weighted by molar-refractivity contribution is 5.95. The van der Waals surface area contributed by atoms with Gasteiger partial charge in [-0.05, 0) is 47.5 Å². The molecule has 0 saturated carbocycles. The number of ether oxygens (including phenoxy) is 1. The molecule has 0 aliphatic carbocycles. The van der Waals surface area contributed by atoms with Crippen LogP contribution in [0, 0.1) is 10.1 Å². The van der Waals surface area contributed by atoms with Crippen molar-refractivity contribution >= 4 is 28.1 Å². The molecule has 31 heavy (non-hydrogen) atoms. The summed E-state index contributed by atoms with van der Waals surface area (Å²) in [6.07, 6.45) is 3.18. The average molecular weight is 419 g/mol. The number of aromatic nitrogens is 2. The van der Waals surface area contributed by atoms with Crippen LogP contribution in [0.1, 0.15) is 11.1 Å². The van der Waals surface area contributed by atoms with Crippen LogP contribution in [-0.4, -0.2) is 20.0 Å². The van der Waals surface area contributed by atoms with Gasteiger partial charge in [0.15, 0.2) is 0 Å². The first-order valence-corrected chi connectivity index (χ1v) is 9.28.